The first kappa shape index (κ1) is 26.3. The van der Waals surface area contributed by atoms with Crippen LogP contribution in [0.15, 0.2) is 54.6 Å². The molecule has 188 valence electrons. The molecule has 0 radical (unpaired) electrons. The third-order valence-electron chi connectivity index (χ3n) is 6.50. The largest absolute Gasteiger partial charge is 0.489 e. The third-order valence-corrected chi connectivity index (χ3v) is 6.50. The molecule has 2 aromatic rings. The van der Waals surface area contributed by atoms with E-state index in [1.54, 1.807) is 6.92 Å². The van der Waals surface area contributed by atoms with E-state index in [1.807, 2.05) is 59.5 Å². The summed E-state index contributed by atoms with van der Waals surface area (Å²) in [7, 11) is 0. The van der Waals surface area contributed by atoms with Gasteiger partial charge in [0.25, 0.3) is 0 Å². The number of ether oxygens (including phenoxy) is 1. The molecule has 0 bridgehead atoms. The van der Waals surface area contributed by atoms with Crippen molar-refractivity contribution >= 4 is 17.7 Å². The number of hydrogen-bond donors (Lipinski definition) is 2. The predicted molar refractivity (Wildman–Crippen MR) is 135 cm³/mol. The van der Waals surface area contributed by atoms with Crippen LogP contribution in [0.4, 0.5) is 0 Å². The molecule has 35 heavy (non-hydrogen) atoms. The van der Waals surface area contributed by atoms with Crippen LogP contribution in [0.1, 0.15) is 50.7 Å². The van der Waals surface area contributed by atoms with Gasteiger partial charge in [-0.25, -0.2) is 0 Å². The van der Waals surface area contributed by atoms with Gasteiger partial charge >= 0.3 is 0 Å². The average molecular weight is 480 g/mol. The van der Waals surface area contributed by atoms with Crippen molar-refractivity contribution < 1.29 is 19.1 Å². The van der Waals surface area contributed by atoms with E-state index in [-0.39, 0.29) is 24.2 Å². The van der Waals surface area contributed by atoms with Gasteiger partial charge in [-0.15, -0.1) is 0 Å². The molecule has 1 aliphatic heterocycles. The highest BCUT2D eigenvalue weighted by Crippen LogP contribution is 2.19. The fraction of sp³-hybridized carbons (Fsp3) is 0.464. The number of carbonyl (C=O) groups excluding carboxylic acids is 3. The molecule has 0 aromatic heterocycles. The van der Waals surface area contributed by atoms with Gasteiger partial charge < -0.3 is 20.7 Å². The van der Waals surface area contributed by atoms with E-state index in [4.69, 9.17) is 10.5 Å². The van der Waals surface area contributed by atoms with E-state index >= 15 is 0 Å². The van der Waals surface area contributed by atoms with Crippen molar-refractivity contribution in [3.05, 3.63) is 65.7 Å². The molecule has 0 spiro atoms. The molecule has 3 N–H and O–H groups in total. The summed E-state index contributed by atoms with van der Waals surface area (Å²) in [4.78, 5) is 39.2. The monoisotopic (exact) mass is 479 g/mol. The highest BCUT2D eigenvalue weighted by Gasteiger charge is 2.29. The molecule has 3 atom stereocenters. The van der Waals surface area contributed by atoms with Gasteiger partial charge in [0.2, 0.25) is 17.7 Å². The number of rotatable bonds is 11. The lowest BCUT2D eigenvalue weighted by Gasteiger charge is -2.34. The van der Waals surface area contributed by atoms with Crippen LogP contribution in [-0.2, 0) is 27.4 Å². The van der Waals surface area contributed by atoms with Gasteiger partial charge in [-0.1, -0.05) is 56.3 Å². The number of primary amides is 1. The Morgan fingerprint density at radius 3 is 2.46 bits per heavy atom. The zero-order chi connectivity index (χ0) is 25.2. The minimum Gasteiger partial charge on any atom is -0.489 e. The van der Waals surface area contributed by atoms with Crippen LogP contribution in [-0.4, -0.2) is 41.8 Å². The lowest BCUT2D eigenvalue weighted by molar-refractivity contribution is -0.138. The molecular formula is C28H37N3O4. The number of likely N-dealkylation sites (tertiary alicyclic amines) is 1. The second kappa shape index (κ2) is 12.9. The molecule has 2 aromatic carbocycles. The smallest absolute Gasteiger partial charge is 0.245 e. The Morgan fingerprint density at radius 2 is 1.80 bits per heavy atom. The van der Waals surface area contributed by atoms with Gasteiger partial charge in [0, 0.05) is 31.8 Å². The van der Waals surface area contributed by atoms with Crippen molar-refractivity contribution in [2.75, 3.05) is 13.1 Å². The Labute approximate surface area is 208 Å². The Balaban J connectivity index is 1.64. The number of nitrogens with one attached hydrogen (secondary N) is 1. The van der Waals surface area contributed by atoms with Crippen LogP contribution in [0.2, 0.25) is 0 Å². The summed E-state index contributed by atoms with van der Waals surface area (Å²) in [6.45, 7) is 5.74. The van der Waals surface area contributed by atoms with Crippen molar-refractivity contribution in [1.29, 1.82) is 0 Å². The SMILES string of the molecule is CC1CCCN(C(=O)C(Cc2ccc(OCc3ccccc3)cc2)NC(=O)CCC(C)C(N)=O)C1. The molecule has 7 heteroatoms. The first-order valence-corrected chi connectivity index (χ1v) is 12.4. The zero-order valence-corrected chi connectivity index (χ0v) is 20.7. The Bertz CT molecular complexity index is 977. The Hall–Kier alpha value is -3.35. The van der Waals surface area contributed by atoms with Crippen molar-refractivity contribution in [2.24, 2.45) is 17.6 Å². The number of nitrogens with zero attached hydrogens (tertiary/aromatic N) is 1. The minimum absolute atomic E-state index is 0.0581. The van der Waals surface area contributed by atoms with Gasteiger partial charge in [-0.2, -0.15) is 0 Å². The molecule has 0 aliphatic carbocycles. The molecular weight excluding hydrogens is 442 g/mol. The Kier molecular flexibility index (Phi) is 9.70. The normalized spacial score (nSPS) is 17.3. The summed E-state index contributed by atoms with van der Waals surface area (Å²) in [5, 5.41) is 2.92. The molecule has 1 heterocycles. The van der Waals surface area contributed by atoms with E-state index in [2.05, 4.69) is 12.2 Å². The van der Waals surface area contributed by atoms with Gasteiger partial charge in [0.1, 0.15) is 18.4 Å². The summed E-state index contributed by atoms with van der Waals surface area (Å²) < 4.78 is 5.86. The van der Waals surface area contributed by atoms with Crippen LogP contribution < -0.4 is 15.8 Å². The van der Waals surface area contributed by atoms with E-state index in [9.17, 15) is 14.4 Å². The molecule has 3 amide bonds. The summed E-state index contributed by atoms with van der Waals surface area (Å²) in [5.41, 5.74) is 7.33. The van der Waals surface area contributed by atoms with Gasteiger partial charge in [-0.3, -0.25) is 14.4 Å². The maximum absolute atomic E-state index is 13.4. The molecule has 1 saturated heterocycles. The van der Waals surface area contributed by atoms with Gasteiger partial charge in [0.05, 0.1) is 0 Å². The van der Waals surface area contributed by atoms with Crippen molar-refractivity contribution in [3.8, 4) is 5.75 Å². The summed E-state index contributed by atoms with van der Waals surface area (Å²) in [6, 6.07) is 16.9. The minimum atomic E-state index is -0.659. The number of amides is 3. The highest BCUT2D eigenvalue weighted by atomic mass is 16.5. The van der Waals surface area contributed by atoms with Crippen LogP contribution in [0.25, 0.3) is 0 Å². The summed E-state index contributed by atoms with van der Waals surface area (Å²) >= 11 is 0. The van der Waals surface area contributed by atoms with Gasteiger partial charge in [-0.05, 0) is 48.4 Å². The van der Waals surface area contributed by atoms with Crippen molar-refractivity contribution in [3.63, 3.8) is 0 Å². The first-order chi connectivity index (χ1) is 16.8. The zero-order valence-electron chi connectivity index (χ0n) is 20.7. The first-order valence-electron chi connectivity index (χ1n) is 12.4. The molecule has 1 aliphatic rings. The van der Waals surface area contributed by atoms with Gasteiger partial charge in [0.15, 0.2) is 0 Å². The standard InChI is InChI=1S/C28H37N3O4/c1-20-7-6-16-31(18-20)28(34)25(30-26(32)15-10-21(2)27(29)33)17-22-11-13-24(14-12-22)35-19-23-8-4-3-5-9-23/h3-5,8-9,11-14,20-21,25H,6-7,10,15-19H2,1-2H3,(H2,29,33)(H,30,32). The maximum Gasteiger partial charge on any atom is 0.245 e. The number of piperidine rings is 1. The quantitative estimate of drug-likeness (QED) is 0.515. The topological polar surface area (TPSA) is 102 Å². The third kappa shape index (κ3) is 8.42. The van der Waals surface area contributed by atoms with Crippen LogP contribution in [0.5, 0.6) is 5.75 Å². The fourth-order valence-corrected chi connectivity index (χ4v) is 4.26. The molecule has 0 saturated carbocycles. The lowest BCUT2D eigenvalue weighted by Crippen LogP contribution is -2.52. The number of carbonyl (C=O) groups is 3. The van der Waals surface area contributed by atoms with Crippen molar-refractivity contribution in [2.45, 2.75) is 58.6 Å². The highest BCUT2D eigenvalue weighted by molar-refractivity contribution is 5.88. The number of benzene rings is 2. The molecule has 7 nitrogen and oxygen atoms in total. The fourth-order valence-electron chi connectivity index (χ4n) is 4.26. The maximum atomic E-state index is 13.4. The summed E-state index contributed by atoms with van der Waals surface area (Å²) in [5.74, 6) is 0.0708. The van der Waals surface area contributed by atoms with Crippen LogP contribution in [0, 0.1) is 11.8 Å². The van der Waals surface area contributed by atoms with E-state index in [0.29, 0.717) is 38.5 Å². The van der Waals surface area contributed by atoms with Crippen molar-refractivity contribution in [1.82, 2.24) is 10.2 Å². The molecule has 3 rings (SSSR count). The lowest BCUT2D eigenvalue weighted by atomic mass is 9.98. The molecule has 1 fully saturated rings. The average Bonchev–Trinajstić information content (AvgIpc) is 2.86. The van der Waals surface area contributed by atoms with E-state index in [0.717, 1.165) is 29.7 Å². The van der Waals surface area contributed by atoms with E-state index < -0.39 is 11.9 Å². The predicted octanol–water partition coefficient (Wildman–Crippen LogP) is 3.45. The Morgan fingerprint density at radius 1 is 1.09 bits per heavy atom. The summed E-state index contributed by atoms with van der Waals surface area (Å²) in [6.07, 6.45) is 2.97. The second-order valence-corrected chi connectivity index (χ2v) is 9.62. The van der Waals surface area contributed by atoms with Crippen LogP contribution in [0.3, 0.4) is 0 Å². The second-order valence-electron chi connectivity index (χ2n) is 9.62. The number of nitrogens with two attached hydrogens (primary N) is 1. The van der Waals surface area contributed by atoms with Crippen LogP contribution >= 0.6 is 0 Å². The molecule has 3 unspecified atom stereocenters. The van der Waals surface area contributed by atoms with E-state index in [1.165, 1.54) is 0 Å². The number of hydrogen-bond acceptors (Lipinski definition) is 4.